The molecule has 0 atom stereocenters. The van der Waals surface area contributed by atoms with E-state index in [0.717, 1.165) is 23.9 Å². The number of carbonyl (C=O) groups excluding carboxylic acids is 1. The predicted molar refractivity (Wildman–Crippen MR) is 129 cm³/mol. The Bertz CT molecular complexity index is 800. The second-order valence-electron chi connectivity index (χ2n) is 5.69. The molecule has 0 aliphatic heterocycles. The zero-order valence-electron chi connectivity index (χ0n) is 15.7. The van der Waals surface area contributed by atoms with Gasteiger partial charge >= 0.3 is 0 Å². The highest BCUT2D eigenvalue weighted by atomic mass is 127. The minimum absolute atomic E-state index is 0. The molecular formula is C18H24Cl2IN5OS. The number of hydrogen-bond acceptors (Lipinski definition) is 4. The molecule has 10 heteroatoms. The maximum Gasteiger partial charge on any atom is 0.251 e. The van der Waals surface area contributed by atoms with Crippen molar-refractivity contribution >= 4 is 70.4 Å². The summed E-state index contributed by atoms with van der Waals surface area (Å²) in [5.74, 6) is 0.519. The number of rotatable bonds is 8. The summed E-state index contributed by atoms with van der Waals surface area (Å²) in [6.07, 6.45) is 2.69. The summed E-state index contributed by atoms with van der Waals surface area (Å²) in [5.41, 5.74) is 0.476. The number of amides is 1. The third-order valence-corrected chi connectivity index (χ3v) is 5.21. The summed E-state index contributed by atoms with van der Waals surface area (Å²) < 4.78 is 0. The van der Waals surface area contributed by atoms with Gasteiger partial charge in [0.25, 0.3) is 5.91 Å². The first-order chi connectivity index (χ1) is 13.0. The van der Waals surface area contributed by atoms with Gasteiger partial charge in [-0.05, 0) is 32.0 Å². The summed E-state index contributed by atoms with van der Waals surface area (Å²) in [6, 6.07) is 4.80. The van der Waals surface area contributed by atoms with E-state index in [9.17, 15) is 4.79 Å². The molecule has 0 aliphatic rings. The number of thiazole rings is 1. The number of halogens is 3. The number of aromatic nitrogens is 1. The van der Waals surface area contributed by atoms with Crippen molar-refractivity contribution in [3.8, 4) is 0 Å². The normalized spacial score (nSPS) is 10.9. The van der Waals surface area contributed by atoms with Crippen LogP contribution in [0, 0.1) is 6.92 Å². The van der Waals surface area contributed by atoms with Crippen molar-refractivity contribution in [2.45, 2.75) is 20.3 Å². The second-order valence-corrected chi connectivity index (χ2v) is 7.82. The lowest BCUT2D eigenvalue weighted by molar-refractivity contribution is 0.0954. The van der Waals surface area contributed by atoms with Gasteiger partial charge in [0, 0.05) is 49.2 Å². The fourth-order valence-corrected chi connectivity index (χ4v) is 3.29. The summed E-state index contributed by atoms with van der Waals surface area (Å²) in [7, 11) is 0. The molecule has 154 valence electrons. The van der Waals surface area contributed by atoms with Crippen molar-refractivity contribution in [2.24, 2.45) is 4.99 Å². The topological polar surface area (TPSA) is 78.4 Å². The molecule has 1 aromatic heterocycles. The number of carbonyl (C=O) groups is 1. The maximum atomic E-state index is 12.1. The fourth-order valence-electron chi connectivity index (χ4n) is 2.22. The summed E-state index contributed by atoms with van der Waals surface area (Å²) in [5, 5.41) is 11.1. The molecule has 1 aromatic carbocycles. The van der Waals surface area contributed by atoms with E-state index in [1.54, 1.807) is 29.5 Å². The monoisotopic (exact) mass is 555 g/mol. The van der Waals surface area contributed by atoms with Crippen LogP contribution >= 0.6 is 58.5 Å². The van der Waals surface area contributed by atoms with Gasteiger partial charge in [-0.1, -0.05) is 23.2 Å². The number of nitrogens with one attached hydrogen (secondary N) is 3. The van der Waals surface area contributed by atoms with E-state index < -0.39 is 0 Å². The van der Waals surface area contributed by atoms with E-state index >= 15 is 0 Å². The molecule has 1 amide bonds. The largest absolute Gasteiger partial charge is 0.357 e. The molecule has 6 nitrogen and oxygen atoms in total. The lowest BCUT2D eigenvalue weighted by Crippen LogP contribution is -2.41. The smallest absolute Gasteiger partial charge is 0.251 e. The highest BCUT2D eigenvalue weighted by molar-refractivity contribution is 14.0. The minimum atomic E-state index is -0.198. The van der Waals surface area contributed by atoms with Gasteiger partial charge in [-0.3, -0.25) is 9.79 Å². The standard InChI is InChI=1S/C18H23Cl2N5OS.HI/c1-3-21-18(23-7-6-16-25-11-12(2)27-16)24-9-8-22-17(26)13-4-5-14(19)15(20)10-13;/h4-5,10-11H,3,6-9H2,1-2H3,(H,22,26)(H2,21,23,24);1H. The average Bonchev–Trinajstić information content (AvgIpc) is 3.06. The molecular weight excluding hydrogens is 532 g/mol. The molecule has 28 heavy (non-hydrogen) atoms. The third kappa shape index (κ3) is 8.50. The molecule has 2 rings (SSSR count). The fraction of sp³-hybridized carbons (Fsp3) is 0.389. The summed E-state index contributed by atoms with van der Waals surface area (Å²) in [6.45, 7) is 6.47. The van der Waals surface area contributed by atoms with E-state index in [4.69, 9.17) is 23.2 Å². The molecule has 0 aliphatic carbocycles. The SMILES string of the molecule is CCNC(=NCCc1ncc(C)s1)NCCNC(=O)c1ccc(Cl)c(Cl)c1.I. The Morgan fingerprint density at radius 3 is 2.57 bits per heavy atom. The quantitative estimate of drug-likeness (QED) is 0.200. The molecule has 0 unspecified atom stereocenters. The summed E-state index contributed by atoms with van der Waals surface area (Å²) >= 11 is 13.5. The van der Waals surface area contributed by atoms with E-state index in [0.29, 0.717) is 35.2 Å². The van der Waals surface area contributed by atoms with E-state index in [1.165, 1.54) is 4.88 Å². The molecule has 0 bridgehead atoms. The molecule has 0 spiro atoms. The van der Waals surface area contributed by atoms with Crippen LogP contribution in [0.15, 0.2) is 29.4 Å². The van der Waals surface area contributed by atoms with Gasteiger partial charge in [-0.2, -0.15) is 0 Å². The average molecular weight is 556 g/mol. The van der Waals surface area contributed by atoms with E-state index in [2.05, 4.69) is 25.9 Å². The first-order valence-electron chi connectivity index (χ1n) is 8.66. The molecule has 0 radical (unpaired) electrons. The highest BCUT2D eigenvalue weighted by Crippen LogP contribution is 2.22. The van der Waals surface area contributed by atoms with Crippen molar-refractivity contribution in [3.05, 3.63) is 49.9 Å². The van der Waals surface area contributed by atoms with Gasteiger partial charge in [0.1, 0.15) is 0 Å². The van der Waals surface area contributed by atoms with E-state index in [-0.39, 0.29) is 29.9 Å². The Morgan fingerprint density at radius 1 is 1.18 bits per heavy atom. The van der Waals surface area contributed by atoms with Crippen LogP contribution in [-0.2, 0) is 6.42 Å². The van der Waals surface area contributed by atoms with Crippen LogP contribution in [0.5, 0.6) is 0 Å². The van der Waals surface area contributed by atoms with Gasteiger partial charge in [0.05, 0.1) is 15.1 Å². The zero-order valence-corrected chi connectivity index (χ0v) is 20.4. The number of nitrogens with zero attached hydrogens (tertiary/aromatic N) is 2. The van der Waals surface area contributed by atoms with Gasteiger partial charge in [-0.25, -0.2) is 4.98 Å². The predicted octanol–water partition coefficient (Wildman–Crippen LogP) is 3.90. The maximum absolute atomic E-state index is 12.1. The van der Waals surface area contributed by atoms with Crippen molar-refractivity contribution in [2.75, 3.05) is 26.2 Å². The van der Waals surface area contributed by atoms with Gasteiger partial charge < -0.3 is 16.0 Å². The van der Waals surface area contributed by atoms with Crippen LogP contribution in [-0.4, -0.2) is 43.0 Å². The van der Waals surface area contributed by atoms with Crippen molar-refractivity contribution < 1.29 is 4.79 Å². The van der Waals surface area contributed by atoms with Gasteiger partial charge in [0.2, 0.25) is 0 Å². The van der Waals surface area contributed by atoms with Crippen LogP contribution in [0.25, 0.3) is 0 Å². The van der Waals surface area contributed by atoms with Crippen LogP contribution < -0.4 is 16.0 Å². The molecule has 0 saturated carbocycles. The number of guanidine groups is 1. The Hall–Kier alpha value is -1.10. The van der Waals surface area contributed by atoms with Crippen molar-refractivity contribution in [1.82, 2.24) is 20.9 Å². The second kappa shape index (κ2) is 13.2. The Balaban J connectivity index is 0.00000392. The van der Waals surface area contributed by atoms with E-state index in [1.807, 2.05) is 20.0 Å². The Morgan fingerprint density at radius 2 is 1.93 bits per heavy atom. The van der Waals surface area contributed by atoms with Crippen LogP contribution in [0.1, 0.15) is 27.2 Å². The lowest BCUT2D eigenvalue weighted by Gasteiger charge is -2.12. The molecule has 1 heterocycles. The number of aryl methyl sites for hydroxylation is 1. The zero-order chi connectivity index (χ0) is 19.6. The highest BCUT2D eigenvalue weighted by Gasteiger charge is 2.07. The number of aliphatic imine (C=N–C) groups is 1. The van der Waals surface area contributed by atoms with Gasteiger partial charge in [-0.15, -0.1) is 35.3 Å². The molecule has 2 aromatic rings. The van der Waals surface area contributed by atoms with Crippen LogP contribution in [0.2, 0.25) is 10.0 Å². The van der Waals surface area contributed by atoms with Crippen LogP contribution in [0.4, 0.5) is 0 Å². The Labute approximate surface area is 196 Å². The molecule has 0 saturated heterocycles. The minimum Gasteiger partial charge on any atom is -0.357 e. The third-order valence-electron chi connectivity index (χ3n) is 3.49. The first kappa shape index (κ1) is 24.9. The number of hydrogen-bond donors (Lipinski definition) is 3. The van der Waals surface area contributed by atoms with Gasteiger partial charge in [0.15, 0.2) is 5.96 Å². The number of benzene rings is 1. The first-order valence-corrected chi connectivity index (χ1v) is 10.2. The van der Waals surface area contributed by atoms with Crippen molar-refractivity contribution in [1.29, 1.82) is 0 Å². The Kier molecular flexibility index (Phi) is 11.7. The molecule has 0 fully saturated rings. The lowest BCUT2D eigenvalue weighted by atomic mass is 10.2. The molecule has 3 N–H and O–H groups in total. The van der Waals surface area contributed by atoms with Crippen molar-refractivity contribution in [3.63, 3.8) is 0 Å². The van der Waals surface area contributed by atoms with Crippen LogP contribution in [0.3, 0.4) is 0 Å². The summed E-state index contributed by atoms with van der Waals surface area (Å²) in [4.78, 5) is 22.2.